The number of hydrogen-bond acceptors (Lipinski definition) is 5. The first kappa shape index (κ1) is 31.6. The van der Waals surface area contributed by atoms with Crippen LogP contribution < -0.4 is 20.1 Å². The number of carbonyl (C=O) groups excluding carboxylic acids is 2. The fourth-order valence-electron chi connectivity index (χ4n) is 4.14. The van der Waals surface area contributed by atoms with Crippen LogP contribution in [0.1, 0.15) is 54.6 Å². The van der Waals surface area contributed by atoms with E-state index in [1.165, 1.54) is 0 Å². The normalized spacial score (nSPS) is 13.0. The Hall–Kier alpha value is -3.97. The van der Waals surface area contributed by atoms with Gasteiger partial charge in [0.25, 0.3) is 5.91 Å². The summed E-state index contributed by atoms with van der Waals surface area (Å²) in [6.07, 6.45) is 8.33. The highest BCUT2D eigenvalue weighted by atomic mass is 32.2. The van der Waals surface area contributed by atoms with Crippen molar-refractivity contribution in [1.82, 2.24) is 5.32 Å². The molecule has 0 radical (unpaired) electrons. The van der Waals surface area contributed by atoms with Gasteiger partial charge in [-0.1, -0.05) is 42.5 Å². The number of rotatable bonds is 12. The van der Waals surface area contributed by atoms with E-state index in [1.54, 1.807) is 38.1 Å². The van der Waals surface area contributed by atoms with E-state index in [4.69, 9.17) is 9.47 Å². The Kier molecular flexibility index (Phi) is 12.1. The third kappa shape index (κ3) is 9.02. The molecular weight excluding hydrogens is 532 g/mol. The van der Waals surface area contributed by atoms with Gasteiger partial charge in [-0.2, -0.15) is 0 Å². The molecular formula is C34H40N2O4S. The highest BCUT2D eigenvalue weighted by molar-refractivity contribution is 7.98. The summed E-state index contributed by atoms with van der Waals surface area (Å²) in [6, 6.07) is 20.9. The standard InChI is InChI=1S/C30H32N2O4S.C4H8/c1-4-14-30(15-16-30)29(34)32-25-10-5-6-11-27(25)37-20-21-8-7-9-22(17-21)28(33)31-19-23-12-13-24(35-2)18-26(23)36-3;1-3-4-2/h4-13,17-18H,1,14-16,19-20H2,2-3H3,(H,31,33)(H,32,34);3-4H,1-2H3/b;4-3-. The van der Waals surface area contributed by atoms with E-state index in [0.29, 0.717) is 35.8 Å². The summed E-state index contributed by atoms with van der Waals surface area (Å²) in [5, 5.41) is 6.09. The number of hydrogen-bond donors (Lipinski definition) is 2. The Morgan fingerprint density at radius 3 is 2.39 bits per heavy atom. The van der Waals surface area contributed by atoms with E-state index in [0.717, 1.165) is 34.6 Å². The molecule has 0 spiro atoms. The second-order valence-electron chi connectivity index (χ2n) is 9.74. The topological polar surface area (TPSA) is 76.7 Å². The quantitative estimate of drug-likeness (QED) is 0.171. The van der Waals surface area contributed by atoms with Crippen LogP contribution in [0.3, 0.4) is 0 Å². The van der Waals surface area contributed by atoms with E-state index in [2.05, 4.69) is 17.2 Å². The molecule has 3 aromatic rings. The molecule has 1 aliphatic rings. The van der Waals surface area contributed by atoms with Gasteiger partial charge in [0.15, 0.2) is 0 Å². The maximum atomic E-state index is 12.9. The minimum atomic E-state index is -0.295. The summed E-state index contributed by atoms with van der Waals surface area (Å²) < 4.78 is 10.7. The molecule has 2 amide bonds. The van der Waals surface area contributed by atoms with Gasteiger partial charge in [0.1, 0.15) is 11.5 Å². The lowest BCUT2D eigenvalue weighted by Crippen LogP contribution is -2.24. The van der Waals surface area contributed by atoms with Gasteiger partial charge in [0, 0.05) is 34.4 Å². The average Bonchev–Trinajstić information content (AvgIpc) is 3.80. The molecule has 3 aromatic carbocycles. The summed E-state index contributed by atoms with van der Waals surface area (Å²) in [6.45, 7) is 8.13. The summed E-state index contributed by atoms with van der Waals surface area (Å²) in [5.74, 6) is 1.93. The van der Waals surface area contributed by atoms with Gasteiger partial charge >= 0.3 is 0 Å². The van der Waals surface area contributed by atoms with Crippen LogP contribution in [0.4, 0.5) is 5.69 Å². The molecule has 2 N–H and O–H groups in total. The second-order valence-corrected chi connectivity index (χ2v) is 10.8. The van der Waals surface area contributed by atoms with Gasteiger partial charge in [-0.15, -0.1) is 18.3 Å². The van der Waals surface area contributed by atoms with Crippen LogP contribution in [0.2, 0.25) is 0 Å². The lowest BCUT2D eigenvalue weighted by atomic mass is 10.0. The molecule has 0 heterocycles. The Morgan fingerprint density at radius 1 is 0.976 bits per heavy atom. The first-order chi connectivity index (χ1) is 19.9. The van der Waals surface area contributed by atoms with Crippen molar-refractivity contribution < 1.29 is 19.1 Å². The van der Waals surface area contributed by atoms with Crippen molar-refractivity contribution in [3.63, 3.8) is 0 Å². The van der Waals surface area contributed by atoms with Crippen LogP contribution in [0.5, 0.6) is 11.5 Å². The highest BCUT2D eigenvalue weighted by Crippen LogP contribution is 2.50. The van der Waals surface area contributed by atoms with Gasteiger partial charge in [0.05, 0.1) is 25.3 Å². The number of methoxy groups -OCH3 is 2. The lowest BCUT2D eigenvalue weighted by molar-refractivity contribution is -0.121. The monoisotopic (exact) mass is 572 g/mol. The van der Waals surface area contributed by atoms with Crippen molar-refractivity contribution in [2.24, 2.45) is 5.41 Å². The smallest absolute Gasteiger partial charge is 0.251 e. The largest absolute Gasteiger partial charge is 0.497 e. The minimum absolute atomic E-state index is 0.0626. The Balaban J connectivity index is 0.00000108. The molecule has 41 heavy (non-hydrogen) atoms. The van der Waals surface area contributed by atoms with Crippen molar-refractivity contribution in [3.05, 3.63) is 108 Å². The predicted octanol–water partition coefficient (Wildman–Crippen LogP) is 7.80. The predicted molar refractivity (Wildman–Crippen MR) is 169 cm³/mol. The maximum Gasteiger partial charge on any atom is 0.251 e. The Morgan fingerprint density at radius 2 is 1.73 bits per heavy atom. The SMILES string of the molecule is C/C=C\C.C=CCC1(C(=O)Nc2ccccc2SCc2cccc(C(=O)NCc3ccc(OC)cc3OC)c2)CC1. The summed E-state index contributed by atoms with van der Waals surface area (Å²) in [5.41, 5.74) is 2.99. The fraction of sp³-hybridized carbons (Fsp3) is 0.294. The number of carbonyl (C=O) groups is 2. The molecule has 0 atom stereocenters. The number of allylic oxidation sites excluding steroid dienone is 3. The third-order valence-corrected chi connectivity index (χ3v) is 8.00. The first-order valence-corrected chi connectivity index (χ1v) is 14.7. The molecule has 1 fully saturated rings. The van der Waals surface area contributed by atoms with Crippen molar-refractivity contribution in [1.29, 1.82) is 0 Å². The lowest BCUT2D eigenvalue weighted by Gasteiger charge is -2.16. The summed E-state index contributed by atoms with van der Waals surface area (Å²) in [7, 11) is 3.19. The number of thioether (sulfide) groups is 1. The molecule has 0 aromatic heterocycles. The number of anilines is 1. The molecule has 0 bridgehead atoms. The van der Waals surface area contributed by atoms with Crippen LogP contribution in [-0.2, 0) is 17.1 Å². The molecule has 7 heteroatoms. The molecule has 0 aliphatic heterocycles. The first-order valence-electron chi connectivity index (χ1n) is 13.7. The fourth-order valence-corrected chi connectivity index (χ4v) is 5.09. The number of para-hydroxylation sites is 1. The molecule has 216 valence electrons. The third-order valence-electron chi connectivity index (χ3n) is 6.86. The van der Waals surface area contributed by atoms with Crippen LogP contribution in [0.25, 0.3) is 0 Å². The number of nitrogens with one attached hydrogen (secondary N) is 2. The van der Waals surface area contributed by atoms with E-state index < -0.39 is 0 Å². The van der Waals surface area contributed by atoms with Crippen LogP contribution in [0.15, 0.2) is 96.4 Å². The Labute approximate surface area is 248 Å². The zero-order chi connectivity index (χ0) is 29.7. The van der Waals surface area contributed by atoms with Crippen LogP contribution in [-0.4, -0.2) is 26.0 Å². The molecule has 0 saturated heterocycles. The van der Waals surface area contributed by atoms with E-state index >= 15 is 0 Å². The molecule has 0 unspecified atom stereocenters. The molecule has 4 rings (SSSR count). The minimum Gasteiger partial charge on any atom is -0.497 e. The second kappa shape index (κ2) is 15.7. The van der Waals surface area contributed by atoms with Gasteiger partial charge < -0.3 is 20.1 Å². The van der Waals surface area contributed by atoms with Gasteiger partial charge in [-0.3, -0.25) is 9.59 Å². The van der Waals surface area contributed by atoms with Gasteiger partial charge in [-0.05, 0) is 75.1 Å². The zero-order valence-corrected chi connectivity index (χ0v) is 25.2. The van der Waals surface area contributed by atoms with Gasteiger partial charge in [-0.25, -0.2) is 0 Å². The van der Waals surface area contributed by atoms with E-state index in [1.807, 2.05) is 86.7 Å². The average molecular weight is 573 g/mol. The molecule has 1 aliphatic carbocycles. The molecule has 1 saturated carbocycles. The van der Waals surface area contributed by atoms with Crippen molar-refractivity contribution in [2.75, 3.05) is 19.5 Å². The van der Waals surface area contributed by atoms with Crippen molar-refractivity contribution in [2.45, 2.75) is 50.3 Å². The zero-order valence-electron chi connectivity index (χ0n) is 24.4. The summed E-state index contributed by atoms with van der Waals surface area (Å²) in [4.78, 5) is 26.7. The maximum absolute atomic E-state index is 12.9. The van der Waals surface area contributed by atoms with Crippen LogP contribution in [0, 0.1) is 5.41 Å². The molecule has 6 nitrogen and oxygen atoms in total. The van der Waals surface area contributed by atoms with Crippen molar-refractivity contribution >= 4 is 29.3 Å². The van der Waals surface area contributed by atoms with Crippen molar-refractivity contribution in [3.8, 4) is 11.5 Å². The van der Waals surface area contributed by atoms with E-state index in [-0.39, 0.29) is 17.2 Å². The van der Waals surface area contributed by atoms with E-state index in [9.17, 15) is 9.59 Å². The van der Waals surface area contributed by atoms with Gasteiger partial charge in [0.2, 0.25) is 5.91 Å². The number of benzene rings is 3. The Bertz CT molecular complexity index is 1360. The number of amides is 2. The van der Waals surface area contributed by atoms with Crippen LogP contribution >= 0.6 is 11.8 Å². The summed E-state index contributed by atoms with van der Waals surface area (Å²) >= 11 is 1.63. The number of ether oxygens (including phenoxy) is 2. The highest BCUT2D eigenvalue weighted by Gasteiger charge is 2.48.